The first kappa shape index (κ1) is 26.7. The van der Waals surface area contributed by atoms with Gasteiger partial charge in [-0.15, -0.1) is 5.10 Å². The number of ether oxygens (including phenoxy) is 1. The molecule has 0 aliphatic carbocycles. The number of likely N-dealkylation sites (tertiary alicyclic amines) is 1. The third-order valence-corrected chi connectivity index (χ3v) is 6.27. The Morgan fingerprint density at radius 1 is 1.16 bits per heavy atom. The van der Waals surface area contributed by atoms with Crippen molar-refractivity contribution in [2.45, 2.75) is 58.3 Å². The molecule has 0 bridgehead atoms. The summed E-state index contributed by atoms with van der Waals surface area (Å²) in [7, 11) is 0. The fraction of sp³-hybridized carbons (Fsp3) is 0.500. The number of nitrogens with zero attached hydrogens (tertiary/aromatic N) is 4. The molecule has 8 nitrogen and oxygen atoms in total. The first-order chi connectivity index (χ1) is 17.6. The summed E-state index contributed by atoms with van der Waals surface area (Å²) in [6.07, 6.45) is 1.40. The number of halogens is 3. The Balaban J connectivity index is 1.63. The van der Waals surface area contributed by atoms with Crippen molar-refractivity contribution in [1.29, 1.82) is 0 Å². The molecule has 2 aromatic heterocycles. The van der Waals surface area contributed by atoms with Crippen LogP contribution in [0.2, 0.25) is 0 Å². The number of carbonyl (C=O) groups is 1. The normalized spacial score (nSPS) is 14.9. The minimum Gasteiger partial charge on any atom is -0.477 e. The number of nitrogens with one attached hydrogen (secondary N) is 1. The van der Waals surface area contributed by atoms with Crippen LogP contribution in [-0.2, 0) is 17.5 Å². The lowest BCUT2D eigenvalue weighted by Crippen LogP contribution is -2.37. The monoisotopic (exact) mass is 519 g/mol. The molecule has 11 heteroatoms. The number of carbonyl (C=O) groups excluding carboxylic acids is 1. The number of hydrogen-bond acceptors (Lipinski definition) is 5. The van der Waals surface area contributed by atoms with Gasteiger partial charge in [-0.2, -0.15) is 13.2 Å². The van der Waals surface area contributed by atoms with E-state index in [9.17, 15) is 22.8 Å². The van der Waals surface area contributed by atoms with Crippen LogP contribution >= 0.6 is 0 Å². The van der Waals surface area contributed by atoms with Gasteiger partial charge in [0.05, 0.1) is 24.1 Å². The van der Waals surface area contributed by atoms with Crippen LogP contribution in [0.1, 0.15) is 45.1 Å². The highest BCUT2D eigenvalue weighted by molar-refractivity contribution is 5.77. The fourth-order valence-electron chi connectivity index (χ4n) is 4.54. The van der Waals surface area contributed by atoms with E-state index in [1.54, 1.807) is 13.8 Å². The smallest absolute Gasteiger partial charge is 0.416 e. The number of fused-ring (bicyclic) bond motifs is 1. The van der Waals surface area contributed by atoms with E-state index >= 15 is 0 Å². The average molecular weight is 520 g/mol. The number of piperidine rings is 1. The van der Waals surface area contributed by atoms with Crippen LogP contribution in [-0.4, -0.2) is 57.3 Å². The Labute approximate surface area is 213 Å². The van der Waals surface area contributed by atoms with Crippen molar-refractivity contribution >= 4 is 11.4 Å². The van der Waals surface area contributed by atoms with E-state index in [1.165, 1.54) is 52.7 Å². The van der Waals surface area contributed by atoms with Crippen LogP contribution in [0.4, 0.5) is 13.2 Å². The quantitative estimate of drug-likeness (QED) is 0.433. The third kappa shape index (κ3) is 6.71. The highest BCUT2D eigenvalue weighted by Crippen LogP contribution is 2.32. The first-order valence-corrected chi connectivity index (χ1v) is 12.6. The maximum Gasteiger partial charge on any atom is 0.416 e. The van der Waals surface area contributed by atoms with Gasteiger partial charge in [0.2, 0.25) is 11.8 Å². The summed E-state index contributed by atoms with van der Waals surface area (Å²) < 4.78 is 48.4. The summed E-state index contributed by atoms with van der Waals surface area (Å²) in [4.78, 5) is 28.3. The summed E-state index contributed by atoms with van der Waals surface area (Å²) in [5.41, 5.74) is -0.953. The average Bonchev–Trinajstić information content (AvgIpc) is 3.26. The molecule has 4 rings (SSSR count). The Morgan fingerprint density at radius 2 is 1.92 bits per heavy atom. The van der Waals surface area contributed by atoms with E-state index in [-0.39, 0.29) is 35.2 Å². The predicted octanol–water partition coefficient (Wildman–Crippen LogP) is 3.96. The lowest BCUT2D eigenvalue weighted by molar-refractivity contribution is -0.137. The third-order valence-electron chi connectivity index (χ3n) is 6.27. The maximum atomic E-state index is 13.4. The van der Waals surface area contributed by atoms with E-state index in [0.717, 1.165) is 38.2 Å². The van der Waals surface area contributed by atoms with Gasteiger partial charge in [-0.05, 0) is 58.3 Å². The van der Waals surface area contributed by atoms with E-state index in [2.05, 4.69) is 15.3 Å². The van der Waals surface area contributed by atoms with Crippen LogP contribution < -0.4 is 15.6 Å². The minimum atomic E-state index is -4.55. The van der Waals surface area contributed by atoms with Gasteiger partial charge in [0.25, 0.3) is 5.56 Å². The SMILES string of the molecule is CC(C)NC(=O)Cn1c(-c2cccc(C(F)(F)F)c2)cn2nc(OCCCN3CCCCC3)cc2c1=O. The molecule has 3 aromatic rings. The van der Waals surface area contributed by atoms with Crippen molar-refractivity contribution in [3.63, 3.8) is 0 Å². The van der Waals surface area contributed by atoms with Crippen molar-refractivity contribution in [2.75, 3.05) is 26.2 Å². The molecule has 0 spiro atoms. The molecule has 1 fully saturated rings. The summed E-state index contributed by atoms with van der Waals surface area (Å²) in [5, 5.41) is 7.05. The molecule has 1 saturated heterocycles. The molecule has 0 unspecified atom stereocenters. The standard InChI is InChI=1S/C26H32F3N5O3/c1-18(2)30-23(35)17-33-22(19-8-6-9-20(14-19)26(27,28)29)16-34-21(25(33)36)15-24(31-34)37-13-7-12-32-10-4-3-5-11-32/h6,8-9,14-16,18H,3-5,7,10-13,17H2,1-2H3,(H,30,35). The highest BCUT2D eigenvalue weighted by atomic mass is 19.4. The van der Waals surface area contributed by atoms with Gasteiger partial charge in [0.1, 0.15) is 12.1 Å². The topological polar surface area (TPSA) is 80.9 Å². The van der Waals surface area contributed by atoms with Crippen molar-refractivity contribution < 1.29 is 22.7 Å². The number of rotatable bonds is 9. The zero-order valence-electron chi connectivity index (χ0n) is 21.1. The van der Waals surface area contributed by atoms with Gasteiger partial charge in [0, 0.05) is 24.2 Å². The second-order valence-electron chi connectivity index (χ2n) is 9.62. The predicted molar refractivity (Wildman–Crippen MR) is 134 cm³/mol. The van der Waals surface area contributed by atoms with E-state index in [1.807, 2.05) is 0 Å². The molecule has 0 atom stereocenters. The van der Waals surface area contributed by atoms with Gasteiger partial charge < -0.3 is 15.0 Å². The molecule has 37 heavy (non-hydrogen) atoms. The first-order valence-electron chi connectivity index (χ1n) is 12.6. The van der Waals surface area contributed by atoms with E-state index in [4.69, 9.17) is 4.74 Å². The van der Waals surface area contributed by atoms with Gasteiger partial charge in [-0.3, -0.25) is 14.2 Å². The number of aromatic nitrogens is 3. The van der Waals surface area contributed by atoms with Crippen molar-refractivity contribution in [1.82, 2.24) is 24.4 Å². The van der Waals surface area contributed by atoms with Crippen LogP contribution in [0.3, 0.4) is 0 Å². The Morgan fingerprint density at radius 3 is 2.62 bits per heavy atom. The molecular weight excluding hydrogens is 487 g/mol. The summed E-state index contributed by atoms with van der Waals surface area (Å²) in [6.45, 7) is 6.74. The molecule has 1 aliphatic heterocycles. The minimum absolute atomic E-state index is 0.141. The molecule has 0 saturated carbocycles. The molecular formula is C26H32F3N5O3. The van der Waals surface area contributed by atoms with Crippen molar-refractivity contribution in [3.05, 3.63) is 52.4 Å². The van der Waals surface area contributed by atoms with Gasteiger partial charge >= 0.3 is 6.18 Å². The lowest BCUT2D eigenvalue weighted by atomic mass is 10.1. The molecule has 1 aliphatic rings. The molecule has 200 valence electrons. The second kappa shape index (κ2) is 11.4. The zero-order chi connectivity index (χ0) is 26.6. The number of alkyl halides is 3. The molecule has 3 heterocycles. The van der Waals surface area contributed by atoms with E-state index < -0.39 is 23.2 Å². The molecule has 0 radical (unpaired) electrons. The second-order valence-corrected chi connectivity index (χ2v) is 9.62. The fourth-order valence-corrected chi connectivity index (χ4v) is 4.54. The van der Waals surface area contributed by atoms with Crippen LogP contribution in [0, 0.1) is 0 Å². The van der Waals surface area contributed by atoms with Crippen molar-refractivity contribution in [3.8, 4) is 17.1 Å². The van der Waals surface area contributed by atoms with Gasteiger partial charge in [-0.1, -0.05) is 18.6 Å². The van der Waals surface area contributed by atoms with Crippen LogP contribution in [0.15, 0.2) is 41.3 Å². The molecule has 1 amide bonds. The maximum absolute atomic E-state index is 13.4. The largest absolute Gasteiger partial charge is 0.477 e. The highest BCUT2D eigenvalue weighted by Gasteiger charge is 2.31. The Hall–Kier alpha value is -3.34. The van der Waals surface area contributed by atoms with Crippen molar-refractivity contribution in [2.24, 2.45) is 0 Å². The number of benzene rings is 1. The summed E-state index contributed by atoms with van der Waals surface area (Å²) in [5.74, 6) is -0.182. The molecule has 1 aromatic carbocycles. The van der Waals surface area contributed by atoms with Gasteiger partial charge in [-0.25, -0.2) is 4.52 Å². The lowest BCUT2D eigenvalue weighted by Gasteiger charge is -2.26. The zero-order valence-corrected chi connectivity index (χ0v) is 21.1. The summed E-state index contributed by atoms with van der Waals surface area (Å²) in [6, 6.07) is 5.98. The van der Waals surface area contributed by atoms with Crippen LogP contribution in [0.25, 0.3) is 16.8 Å². The van der Waals surface area contributed by atoms with E-state index in [0.29, 0.717) is 6.61 Å². The van der Waals surface area contributed by atoms with Gasteiger partial charge in [0.15, 0.2) is 0 Å². The molecule has 1 N–H and O–H groups in total. The number of hydrogen-bond donors (Lipinski definition) is 1. The summed E-state index contributed by atoms with van der Waals surface area (Å²) >= 11 is 0. The Kier molecular flexibility index (Phi) is 8.21. The van der Waals surface area contributed by atoms with Crippen LogP contribution in [0.5, 0.6) is 5.88 Å². The Bertz CT molecular complexity index is 1290. The number of amides is 1.